The van der Waals surface area contributed by atoms with E-state index in [0.29, 0.717) is 23.1 Å². The highest BCUT2D eigenvalue weighted by Gasteiger charge is 2.29. The average molecular weight is 398 g/mol. The summed E-state index contributed by atoms with van der Waals surface area (Å²) in [6, 6.07) is 15.1. The Kier molecular flexibility index (Phi) is 6.68. The van der Waals surface area contributed by atoms with Crippen molar-refractivity contribution in [1.82, 2.24) is 10.9 Å². The lowest BCUT2D eigenvalue weighted by molar-refractivity contribution is -0.117. The molecule has 1 aliphatic carbocycles. The molecule has 0 saturated heterocycles. The van der Waals surface area contributed by atoms with Crippen LogP contribution in [-0.4, -0.2) is 18.8 Å². The maximum absolute atomic E-state index is 11.9. The van der Waals surface area contributed by atoms with E-state index in [1.165, 1.54) is 0 Å². The van der Waals surface area contributed by atoms with Gasteiger partial charge in [-0.3, -0.25) is 9.79 Å². The van der Waals surface area contributed by atoms with Gasteiger partial charge in [0, 0.05) is 41.0 Å². The van der Waals surface area contributed by atoms with Crippen LogP contribution in [0.4, 0.5) is 5.69 Å². The minimum atomic E-state index is 0.0913. The van der Waals surface area contributed by atoms with Gasteiger partial charge < -0.3 is 16.5 Å². The summed E-state index contributed by atoms with van der Waals surface area (Å²) in [5.41, 5.74) is 15.1. The summed E-state index contributed by atoms with van der Waals surface area (Å²) in [5.74, 6) is 0.840. The van der Waals surface area contributed by atoms with Gasteiger partial charge in [0.05, 0.1) is 6.54 Å². The van der Waals surface area contributed by atoms with Crippen LogP contribution in [0.1, 0.15) is 24.0 Å². The molecule has 1 fully saturated rings. The third-order valence-electron chi connectivity index (χ3n) is 4.30. The number of amides is 1. The van der Waals surface area contributed by atoms with Crippen LogP contribution in [-0.2, 0) is 11.3 Å². The summed E-state index contributed by atoms with van der Waals surface area (Å²) in [5, 5.41) is 3.54. The zero-order valence-corrected chi connectivity index (χ0v) is 16.5. The Morgan fingerprint density at radius 3 is 2.75 bits per heavy atom. The fraction of sp³-hybridized carbons (Fsp3) is 0.238. The fourth-order valence-electron chi connectivity index (χ4n) is 2.68. The standard InChI is InChI=1S/C21H24ClN5O/c1-24-27-20(12-19(23)17-7-2-3-8-18(17)22)25-13-14-5-4-6-16(11-14)26-21(28)15-9-10-15/h2-8,11-12,15,24H,9-10,13,23H2,1H3,(H,25,27)(H,26,28). The molecule has 0 radical (unpaired) electrons. The van der Waals surface area contributed by atoms with E-state index in [9.17, 15) is 4.79 Å². The number of nitrogens with two attached hydrogens (primary N) is 1. The summed E-state index contributed by atoms with van der Waals surface area (Å²) in [6.45, 7) is 0.434. The molecule has 0 bridgehead atoms. The minimum absolute atomic E-state index is 0.0913. The molecule has 2 aromatic carbocycles. The lowest BCUT2D eigenvalue weighted by Crippen LogP contribution is -2.33. The lowest BCUT2D eigenvalue weighted by Gasteiger charge is -2.09. The van der Waals surface area contributed by atoms with Gasteiger partial charge in [0.1, 0.15) is 5.84 Å². The topological polar surface area (TPSA) is 91.5 Å². The highest BCUT2D eigenvalue weighted by Crippen LogP contribution is 2.30. The van der Waals surface area contributed by atoms with E-state index in [2.05, 4.69) is 21.2 Å². The maximum atomic E-state index is 11.9. The average Bonchev–Trinajstić information content (AvgIpc) is 3.52. The van der Waals surface area contributed by atoms with Crippen molar-refractivity contribution in [3.63, 3.8) is 0 Å². The number of halogens is 1. The summed E-state index contributed by atoms with van der Waals surface area (Å²) < 4.78 is 0. The van der Waals surface area contributed by atoms with Gasteiger partial charge >= 0.3 is 0 Å². The number of rotatable bonds is 7. The molecule has 1 saturated carbocycles. The summed E-state index contributed by atoms with van der Waals surface area (Å²) in [6.07, 6.45) is 3.69. The summed E-state index contributed by atoms with van der Waals surface area (Å²) in [4.78, 5) is 16.5. The molecule has 7 heteroatoms. The number of anilines is 1. The first kappa shape index (κ1) is 19.9. The van der Waals surface area contributed by atoms with Crippen LogP contribution in [0.25, 0.3) is 5.70 Å². The number of hydrazine groups is 1. The molecule has 1 amide bonds. The molecule has 2 aromatic rings. The summed E-state index contributed by atoms with van der Waals surface area (Å²) >= 11 is 6.21. The first-order valence-corrected chi connectivity index (χ1v) is 9.53. The van der Waals surface area contributed by atoms with Crippen LogP contribution >= 0.6 is 11.6 Å². The Morgan fingerprint density at radius 1 is 1.25 bits per heavy atom. The summed E-state index contributed by atoms with van der Waals surface area (Å²) in [7, 11) is 1.75. The van der Waals surface area contributed by atoms with Crippen LogP contribution in [0.2, 0.25) is 5.02 Å². The normalized spacial score (nSPS) is 14.6. The van der Waals surface area contributed by atoms with Crippen molar-refractivity contribution >= 4 is 34.7 Å². The molecule has 28 heavy (non-hydrogen) atoms. The second-order valence-corrected chi connectivity index (χ2v) is 7.03. The van der Waals surface area contributed by atoms with E-state index < -0.39 is 0 Å². The van der Waals surface area contributed by atoms with Crippen LogP contribution in [0, 0.1) is 5.92 Å². The molecule has 0 atom stereocenters. The van der Waals surface area contributed by atoms with Gasteiger partial charge in [0.2, 0.25) is 5.91 Å². The highest BCUT2D eigenvalue weighted by atomic mass is 35.5. The van der Waals surface area contributed by atoms with Gasteiger partial charge in [0.15, 0.2) is 0 Å². The van der Waals surface area contributed by atoms with E-state index in [0.717, 1.165) is 29.7 Å². The number of aliphatic imine (C=N–C) groups is 1. The molecule has 0 heterocycles. The van der Waals surface area contributed by atoms with Crippen LogP contribution < -0.4 is 21.9 Å². The smallest absolute Gasteiger partial charge is 0.227 e. The van der Waals surface area contributed by atoms with E-state index in [-0.39, 0.29) is 11.8 Å². The van der Waals surface area contributed by atoms with E-state index in [4.69, 9.17) is 17.3 Å². The SMILES string of the molecule is CNNC(C=C(N)c1ccccc1Cl)=NCc1cccc(NC(=O)C2CC2)c1. The van der Waals surface area contributed by atoms with Crippen LogP contribution in [0.3, 0.4) is 0 Å². The third-order valence-corrected chi connectivity index (χ3v) is 4.63. The van der Waals surface area contributed by atoms with Crippen LogP contribution in [0.5, 0.6) is 0 Å². The Hall–Kier alpha value is -2.83. The molecule has 3 rings (SSSR count). The number of carbonyl (C=O) groups is 1. The van der Waals surface area contributed by atoms with Crippen LogP contribution in [0.15, 0.2) is 59.6 Å². The third kappa shape index (κ3) is 5.58. The van der Waals surface area contributed by atoms with Gasteiger partial charge in [-0.2, -0.15) is 0 Å². The molecule has 146 valence electrons. The molecule has 0 aliphatic heterocycles. The number of carbonyl (C=O) groups excluding carboxylic acids is 1. The predicted molar refractivity (Wildman–Crippen MR) is 115 cm³/mol. The zero-order valence-electron chi connectivity index (χ0n) is 15.7. The number of hydrogen-bond acceptors (Lipinski definition) is 4. The number of nitrogens with one attached hydrogen (secondary N) is 3. The maximum Gasteiger partial charge on any atom is 0.227 e. The zero-order chi connectivity index (χ0) is 19.9. The van der Waals surface area contributed by atoms with Crippen molar-refractivity contribution in [3.05, 3.63) is 70.8 Å². The van der Waals surface area contributed by atoms with E-state index in [1.807, 2.05) is 42.5 Å². The Bertz CT molecular complexity index is 905. The molecular formula is C21H24ClN5O. The van der Waals surface area contributed by atoms with Gasteiger partial charge in [-0.1, -0.05) is 41.9 Å². The van der Waals surface area contributed by atoms with Crippen molar-refractivity contribution in [2.24, 2.45) is 16.6 Å². The minimum Gasteiger partial charge on any atom is -0.398 e. The Morgan fingerprint density at radius 2 is 2.04 bits per heavy atom. The van der Waals surface area contributed by atoms with Crippen molar-refractivity contribution in [2.45, 2.75) is 19.4 Å². The number of amidine groups is 1. The molecule has 6 nitrogen and oxygen atoms in total. The molecule has 0 spiro atoms. The molecule has 0 unspecified atom stereocenters. The number of hydrogen-bond donors (Lipinski definition) is 4. The Labute approximate surface area is 169 Å². The van der Waals surface area contributed by atoms with E-state index in [1.54, 1.807) is 19.2 Å². The largest absolute Gasteiger partial charge is 0.398 e. The predicted octanol–water partition coefficient (Wildman–Crippen LogP) is 3.31. The van der Waals surface area contributed by atoms with Crippen molar-refractivity contribution in [1.29, 1.82) is 0 Å². The van der Waals surface area contributed by atoms with Gasteiger partial charge in [0.25, 0.3) is 0 Å². The monoisotopic (exact) mass is 397 g/mol. The second-order valence-electron chi connectivity index (χ2n) is 6.62. The van der Waals surface area contributed by atoms with Crippen molar-refractivity contribution in [2.75, 3.05) is 12.4 Å². The molecular weight excluding hydrogens is 374 g/mol. The highest BCUT2D eigenvalue weighted by molar-refractivity contribution is 6.32. The molecule has 0 aromatic heterocycles. The molecule has 5 N–H and O–H groups in total. The number of nitrogens with zero attached hydrogens (tertiary/aromatic N) is 1. The molecule has 1 aliphatic rings. The fourth-order valence-corrected chi connectivity index (χ4v) is 2.93. The van der Waals surface area contributed by atoms with Crippen molar-refractivity contribution in [3.8, 4) is 0 Å². The Balaban J connectivity index is 1.73. The van der Waals surface area contributed by atoms with Crippen molar-refractivity contribution < 1.29 is 4.79 Å². The van der Waals surface area contributed by atoms with E-state index >= 15 is 0 Å². The number of benzene rings is 2. The lowest BCUT2D eigenvalue weighted by atomic mass is 10.1. The first-order chi connectivity index (χ1) is 13.6. The van der Waals surface area contributed by atoms with Gasteiger partial charge in [-0.25, -0.2) is 5.43 Å². The second kappa shape index (κ2) is 9.39. The van der Waals surface area contributed by atoms with Gasteiger partial charge in [-0.05, 0) is 36.6 Å². The first-order valence-electron chi connectivity index (χ1n) is 9.16. The van der Waals surface area contributed by atoms with Gasteiger partial charge in [-0.15, -0.1) is 0 Å². The quantitative estimate of drug-likeness (QED) is 0.327.